The van der Waals surface area contributed by atoms with Gasteiger partial charge in [-0.1, -0.05) is 43.7 Å². The molecule has 0 saturated carbocycles. The van der Waals surface area contributed by atoms with Gasteiger partial charge in [0.2, 0.25) is 0 Å². The zero-order valence-corrected chi connectivity index (χ0v) is 9.82. The summed E-state index contributed by atoms with van der Waals surface area (Å²) in [6, 6.07) is 11.0. The fourth-order valence-corrected chi connectivity index (χ4v) is 2.77. The highest BCUT2D eigenvalue weighted by atomic mass is 15.1. The van der Waals surface area contributed by atoms with Crippen LogP contribution in [-0.2, 0) is 0 Å². The van der Waals surface area contributed by atoms with Crippen LogP contribution >= 0.6 is 0 Å². The van der Waals surface area contributed by atoms with Gasteiger partial charge < -0.3 is 4.90 Å². The molecule has 82 valence electrons. The minimum Gasteiger partial charge on any atom is -0.306 e. The largest absolute Gasteiger partial charge is 0.306 e. The Morgan fingerprint density at radius 3 is 2.67 bits per heavy atom. The van der Waals surface area contributed by atoms with Gasteiger partial charge in [0.25, 0.3) is 0 Å². The molecule has 1 aromatic rings. The van der Waals surface area contributed by atoms with Crippen molar-refractivity contribution in [3.63, 3.8) is 0 Å². The number of piperidine rings is 1. The maximum atomic E-state index is 2.47. The third-order valence-corrected chi connectivity index (χ3v) is 3.69. The summed E-state index contributed by atoms with van der Waals surface area (Å²) in [7, 11) is 2.24. The molecule has 0 radical (unpaired) electrons. The van der Waals surface area contributed by atoms with Gasteiger partial charge in [0.1, 0.15) is 0 Å². The molecule has 0 N–H and O–H groups in total. The van der Waals surface area contributed by atoms with Crippen LogP contribution in [0.5, 0.6) is 0 Å². The van der Waals surface area contributed by atoms with Gasteiger partial charge in [0.15, 0.2) is 0 Å². The summed E-state index contributed by atoms with van der Waals surface area (Å²) < 4.78 is 0. The minimum absolute atomic E-state index is 0.785. The maximum Gasteiger partial charge on any atom is 0.00124 e. The fraction of sp³-hybridized carbons (Fsp3) is 0.571. The predicted molar refractivity (Wildman–Crippen MR) is 65.1 cm³/mol. The second-order valence-corrected chi connectivity index (χ2v) is 4.74. The number of likely N-dealkylation sites (tertiary alicyclic amines) is 1. The van der Waals surface area contributed by atoms with Crippen molar-refractivity contribution in [3.8, 4) is 0 Å². The summed E-state index contributed by atoms with van der Waals surface area (Å²) in [6.07, 6.45) is 2.61. The van der Waals surface area contributed by atoms with Crippen LogP contribution in [0.25, 0.3) is 0 Å². The molecular formula is C14H21N. The van der Waals surface area contributed by atoms with Crippen LogP contribution in [0.4, 0.5) is 0 Å². The molecule has 0 amide bonds. The van der Waals surface area contributed by atoms with Crippen LogP contribution in [0.1, 0.15) is 31.2 Å². The van der Waals surface area contributed by atoms with Gasteiger partial charge in [-0.05, 0) is 37.4 Å². The average molecular weight is 203 g/mol. The molecule has 1 aliphatic rings. The van der Waals surface area contributed by atoms with Crippen molar-refractivity contribution in [2.45, 2.75) is 25.7 Å². The molecule has 1 heteroatoms. The SMILES string of the molecule is CCC1CN(C)CCC1c1ccccc1. The Morgan fingerprint density at radius 1 is 1.27 bits per heavy atom. The summed E-state index contributed by atoms with van der Waals surface area (Å²) in [5.74, 6) is 1.62. The van der Waals surface area contributed by atoms with E-state index in [2.05, 4.69) is 49.2 Å². The summed E-state index contributed by atoms with van der Waals surface area (Å²) in [4.78, 5) is 2.47. The molecule has 0 bridgehead atoms. The molecule has 0 spiro atoms. The van der Waals surface area contributed by atoms with Gasteiger partial charge in [-0.15, -0.1) is 0 Å². The molecule has 1 saturated heterocycles. The standard InChI is InChI=1S/C14H21N/c1-3-12-11-15(2)10-9-14(12)13-7-5-4-6-8-13/h4-8,12,14H,3,9-11H2,1-2H3. The second kappa shape index (κ2) is 4.80. The van der Waals surface area contributed by atoms with Crippen molar-refractivity contribution in [2.75, 3.05) is 20.1 Å². The number of hydrogen-bond acceptors (Lipinski definition) is 1. The third-order valence-electron chi connectivity index (χ3n) is 3.69. The number of rotatable bonds is 2. The summed E-state index contributed by atoms with van der Waals surface area (Å²) in [5, 5.41) is 0. The van der Waals surface area contributed by atoms with E-state index in [1.165, 1.54) is 31.5 Å². The zero-order chi connectivity index (χ0) is 10.7. The molecule has 2 rings (SSSR count). The van der Waals surface area contributed by atoms with E-state index in [1.54, 1.807) is 0 Å². The third kappa shape index (κ3) is 2.40. The van der Waals surface area contributed by atoms with E-state index in [0.29, 0.717) is 0 Å². The average Bonchev–Trinajstić information content (AvgIpc) is 2.30. The number of hydrogen-bond donors (Lipinski definition) is 0. The van der Waals surface area contributed by atoms with Gasteiger partial charge in [-0.25, -0.2) is 0 Å². The highest BCUT2D eigenvalue weighted by molar-refractivity contribution is 5.21. The quantitative estimate of drug-likeness (QED) is 0.714. The van der Waals surface area contributed by atoms with Crippen LogP contribution in [0.2, 0.25) is 0 Å². The Hall–Kier alpha value is -0.820. The number of benzene rings is 1. The lowest BCUT2D eigenvalue weighted by Crippen LogP contribution is -2.36. The van der Waals surface area contributed by atoms with Crippen molar-refractivity contribution in [3.05, 3.63) is 35.9 Å². The molecule has 1 fully saturated rings. The van der Waals surface area contributed by atoms with Crippen LogP contribution in [0.3, 0.4) is 0 Å². The Labute approximate surface area is 93.1 Å². The van der Waals surface area contributed by atoms with Gasteiger partial charge in [0.05, 0.1) is 0 Å². The normalized spacial score (nSPS) is 27.9. The van der Waals surface area contributed by atoms with Crippen molar-refractivity contribution in [2.24, 2.45) is 5.92 Å². The Bertz CT molecular complexity index is 293. The lowest BCUT2D eigenvalue weighted by atomic mass is 9.79. The molecule has 0 aliphatic carbocycles. The first kappa shape index (κ1) is 10.7. The van der Waals surface area contributed by atoms with E-state index in [4.69, 9.17) is 0 Å². The van der Waals surface area contributed by atoms with Crippen molar-refractivity contribution < 1.29 is 0 Å². The fourth-order valence-electron chi connectivity index (χ4n) is 2.77. The van der Waals surface area contributed by atoms with Gasteiger partial charge in [0, 0.05) is 6.54 Å². The predicted octanol–water partition coefficient (Wildman–Crippen LogP) is 3.13. The molecule has 2 unspecified atom stereocenters. The lowest BCUT2D eigenvalue weighted by molar-refractivity contribution is 0.180. The van der Waals surface area contributed by atoms with Crippen LogP contribution in [0.15, 0.2) is 30.3 Å². The first-order valence-corrected chi connectivity index (χ1v) is 6.04. The molecule has 0 aromatic heterocycles. The summed E-state index contributed by atoms with van der Waals surface area (Å²) in [5.41, 5.74) is 1.54. The van der Waals surface area contributed by atoms with Crippen molar-refractivity contribution in [1.29, 1.82) is 0 Å². The van der Waals surface area contributed by atoms with E-state index in [9.17, 15) is 0 Å². The Kier molecular flexibility index (Phi) is 3.42. The lowest BCUT2D eigenvalue weighted by Gasteiger charge is -2.36. The van der Waals surface area contributed by atoms with Gasteiger partial charge >= 0.3 is 0 Å². The number of nitrogens with zero attached hydrogens (tertiary/aromatic N) is 1. The smallest absolute Gasteiger partial charge is 0.00124 e. The van der Waals surface area contributed by atoms with Crippen LogP contribution in [-0.4, -0.2) is 25.0 Å². The van der Waals surface area contributed by atoms with Crippen molar-refractivity contribution >= 4 is 0 Å². The first-order chi connectivity index (χ1) is 7.31. The van der Waals surface area contributed by atoms with Crippen LogP contribution < -0.4 is 0 Å². The first-order valence-electron chi connectivity index (χ1n) is 6.04. The molecular weight excluding hydrogens is 182 g/mol. The molecule has 1 aromatic carbocycles. The summed E-state index contributed by atoms with van der Waals surface area (Å²) >= 11 is 0. The molecule has 2 atom stereocenters. The topological polar surface area (TPSA) is 3.24 Å². The van der Waals surface area contributed by atoms with E-state index >= 15 is 0 Å². The Balaban J connectivity index is 2.14. The highest BCUT2D eigenvalue weighted by Crippen LogP contribution is 2.34. The Morgan fingerprint density at radius 2 is 2.00 bits per heavy atom. The molecule has 1 nitrogen and oxygen atoms in total. The summed E-state index contributed by atoms with van der Waals surface area (Å²) in [6.45, 7) is 4.83. The second-order valence-electron chi connectivity index (χ2n) is 4.74. The van der Waals surface area contributed by atoms with E-state index < -0.39 is 0 Å². The minimum atomic E-state index is 0.785. The van der Waals surface area contributed by atoms with E-state index in [1.807, 2.05) is 0 Å². The highest BCUT2D eigenvalue weighted by Gasteiger charge is 2.27. The van der Waals surface area contributed by atoms with E-state index in [0.717, 1.165) is 11.8 Å². The van der Waals surface area contributed by atoms with Crippen LogP contribution in [0, 0.1) is 5.92 Å². The molecule has 1 aliphatic heterocycles. The van der Waals surface area contributed by atoms with Crippen molar-refractivity contribution in [1.82, 2.24) is 4.90 Å². The molecule has 1 heterocycles. The van der Waals surface area contributed by atoms with Gasteiger partial charge in [-0.3, -0.25) is 0 Å². The molecule has 15 heavy (non-hydrogen) atoms. The zero-order valence-electron chi connectivity index (χ0n) is 9.82. The van der Waals surface area contributed by atoms with E-state index in [-0.39, 0.29) is 0 Å². The monoisotopic (exact) mass is 203 g/mol. The maximum absolute atomic E-state index is 2.47. The van der Waals surface area contributed by atoms with Gasteiger partial charge in [-0.2, -0.15) is 0 Å².